The van der Waals surface area contributed by atoms with Crippen molar-refractivity contribution < 1.29 is 0 Å². The monoisotopic (exact) mass is 708 g/mol. The van der Waals surface area contributed by atoms with Gasteiger partial charge in [0.1, 0.15) is 11.6 Å². The predicted molar refractivity (Wildman–Crippen MR) is 224 cm³/mol. The minimum atomic E-state index is -0.285. The first kappa shape index (κ1) is 31.4. The second kappa shape index (κ2) is 12.2. The lowest BCUT2D eigenvalue weighted by Gasteiger charge is -2.36. The Morgan fingerprint density at radius 3 is 1.98 bits per heavy atom. The third-order valence-corrected chi connectivity index (χ3v) is 11.5. The molecular weight excluding hydrogens is 673 g/mol. The molecule has 4 heterocycles. The standard InChI is InChI=1S/C49H36N6/c1-49-33-35(48-51-28-30-53(48)37-15-6-3-7-16-37)24-26-46(49)55(44-22-11-9-20-42(44)49)39-18-12-17-38(32-39)54-43-21-10-8-19-40(43)41-25-23-34(31-45(41)54)47-50-27-29-52(47)36-13-4-2-5-14-36/h2-33,46H,1H3. The number of rotatable bonds is 6. The van der Waals surface area contributed by atoms with Crippen LogP contribution in [0.15, 0.2) is 195 Å². The van der Waals surface area contributed by atoms with E-state index in [-0.39, 0.29) is 11.5 Å². The number of hydrogen-bond donors (Lipinski definition) is 0. The van der Waals surface area contributed by atoms with Crippen LogP contribution in [0.2, 0.25) is 0 Å². The van der Waals surface area contributed by atoms with Crippen LogP contribution in [0.3, 0.4) is 0 Å². The van der Waals surface area contributed by atoms with E-state index in [0.29, 0.717) is 0 Å². The van der Waals surface area contributed by atoms with Gasteiger partial charge in [-0.05, 0) is 73.2 Å². The summed E-state index contributed by atoms with van der Waals surface area (Å²) in [5.74, 6) is 1.85. The number of allylic oxidation sites excluding steroid dienone is 2. The van der Waals surface area contributed by atoms with Crippen molar-refractivity contribution in [2.75, 3.05) is 4.90 Å². The largest absolute Gasteiger partial charge is 0.333 e. The quantitative estimate of drug-likeness (QED) is 0.173. The van der Waals surface area contributed by atoms with Gasteiger partial charge in [0.2, 0.25) is 0 Å². The average molecular weight is 709 g/mol. The molecule has 6 heteroatoms. The fourth-order valence-electron chi connectivity index (χ4n) is 8.97. The van der Waals surface area contributed by atoms with Crippen molar-refractivity contribution in [2.24, 2.45) is 0 Å². The van der Waals surface area contributed by atoms with Crippen molar-refractivity contribution in [3.63, 3.8) is 0 Å². The molecule has 0 amide bonds. The summed E-state index contributed by atoms with van der Waals surface area (Å²) in [7, 11) is 0. The molecule has 1 aliphatic heterocycles. The highest BCUT2D eigenvalue weighted by Gasteiger charge is 2.47. The molecule has 262 valence electrons. The predicted octanol–water partition coefficient (Wildman–Crippen LogP) is 11.3. The van der Waals surface area contributed by atoms with Crippen LogP contribution in [0, 0.1) is 0 Å². The van der Waals surface area contributed by atoms with Gasteiger partial charge in [-0.2, -0.15) is 0 Å². The minimum absolute atomic E-state index is 0.0747. The fraction of sp³-hybridized carbons (Fsp3) is 0.0612. The molecule has 0 spiro atoms. The summed E-state index contributed by atoms with van der Waals surface area (Å²) in [5, 5.41) is 2.44. The number of imidazole rings is 2. The molecule has 3 aromatic heterocycles. The van der Waals surface area contributed by atoms with Crippen LogP contribution >= 0.6 is 0 Å². The van der Waals surface area contributed by atoms with E-state index in [2.05, 4.69) is 183 Å². The van der Waals surface area contributed by atoms with Gasteiger partial charge in [-0.15, -0.1) is 0 Å². The van der Waals surface area contributed by atoms with E-state index in [1.807, 2.05) is 36.9 Å². The Morgan fingerprint density at radius 2 is 1.18 bits per heavy atom. The minimum Gasteiger partial charge on any atom is -0.333 e. The van der Waals surface area contributed by atoms with Crippen molar-refractivity contribution in [1.29, 1.82) is 0 Å². The molecule has 2 unspecified atom stereocenters. The van der Waals surface area contributed by atoms with Gasteiger partial charge in [0, 0.05) is 80.5 Å². The molecule has 0 saturated carbocycles. The van der Waals surface area contributed by atoms with Gasteiger partial charge in [-0.25, -0.2) is 9.97 Å². The van der Waals surface area contributed by atoms with Crippen molar-refractivity contribution in [2.45, 2.75) is 18.4 Å². The van der Waals surface area contributed by atoms with Gasteiger partial charge in [-0.3, -0.25) is 9.13 Å². The second-order valence-electron chi connectivity index (χ2n) is 14.6. The maximum absolute atomic E-state index is 4.85. The highest BCUT2D eigenvalue weighted by Crippen LogP contribution is 2.53. The van der Waals surface area contributed by atoms with Gasteiger partial charge >= 0.3 is 0 Å². The molecule has 1 aliphatic carbocycles. The zero-order chi connectivity index (χ0) is 36.5. The molecule has 6 aromatic carbocycles. The van der Waals surface area contributed by atoms with E-state index in [9.17, 15) is 0 Å². The van der Waals surface area contributed by atoms with Gasteiger partial charge in [-0.1, -0.05) is 109 Å². The third-order valence-electron chi connectivity index (χ3n) is 11.5. The first-order valence-corrected chi connectivity index (χ1v) is 18.8. The van der Waals surface area contributed by atoms with Crippen LogP contribution in [0.1, 0.15) is 18.3 Å². The molecule has 6 nitrogen and oxygen atoms in total. The third kappa shape index (κ3) is 4.81. The first-order valence-electron chi connectivity index (χ1n) is 18.8. The SMILES string of the molecule is CC12C=C(c3nccn3-c3ccccc3)C=CC1N(c1cccc(-n3c4ccccc4c4ccc(-c5nccn5-c5ccccc5)cc43)c1)c1ccccc12. The lowest BCUT2D eigenvalue weighted by molar-refractivity contribution is 0.552. The van der Waals surface area contributed by atoms with Crippen LogP contribution < -0.4 is 4.90 Å². The average Bonchev–Trinajstić information content (AvgIpc) is 4.04. The van der Waals surface area contributed by atoms with E-state index in [1.165, 1.54) is 27.5 Å². The zero-order valence-electron chi connectivity index (χ0n) is 30.2. The number of anilines is 2. The van der Waals surface area contributed by atoms with Crippen LogP contribution in [-0.2, 0) is 5.41 Å². The van der Waals surface area contributed by atoms with Crippen molar-refractivity contribution in [3.05, 3.63) is 206 Å². The Morgan fingerprint density at radius 1 is 0.545 bits per heavy atom. The number of benzene rings is 6. The Hall–Kier alpha value is -7.18. The molecule has 0 fully saturated rings. The summed E-state index contributed by atoms with van der Waals surface area (Å²) in [6.45, 7) is 2.37. The highest BCUT2D eigenvalue weighted by atomic mass is 15.2. The Bertz CT molecular complexity index is 2960. The van der Waals surface area contributed by atoms with E-state index in [1.54, 1.807) is 0 Å². The molecule has 55 heavy (non-hydrogen) atoms. The van der Waals surface area contributed by atoms with Crippen LogP contribution in [-0.4, -0.2) is 29.7 Å². The number of fused-ring (bicyclic) bond motifs is 6. The summed E-state index contributed by atoms with van der Waals surface area (Å²) in [4.78, 5) is 12.2. The highest BCUT2D eigenvalue weighted by molar-refractivity contribution is 6.10. The van der Waals surface area contributed by atoms with Crippen LogP contribution in [0.5, 0.6) is 0 Å². The Kier molecular flexibility index (Phi) is 6.95. The summed E-state index contributed by atoms with van der Waals surface area (Å²) in [5.41, 5.74) is 11.2. The van der Waals surface area contributed by atoms with Gasteiger partial charge in [0.25, 0.3) is 0 Å². The molecule has 2 aliphatic rings. The molecule has 11 rings (SSSR count). The van der Waals surface area contributed by atoms with Crippen molar-refractivity contribution >= 4 is 38.8 Å². The van der Waals surface area contributed by atoms with E-state index >= 15 is 0 Å². The maximum Gasteiger partial charge on any atom is 0.144 e. The van der Waals surface area contributed by atoms with E-state index in [4.69, 9.17) is 9.97 Å². The summed E-state index contributed by atoms with van der Waals surface area (Å²) < 4.78 is 6.74. The Labute approximate surface area is 319 Å². The van der Waals surface area contributed by atoms with Gasteiger partial charge in [0.15, 0.2) is 0 Å². The smallest absolute Gasteiger partial charge is 0.144 e. The van der Waals surface area contributed by atoms with Crippen LogP contribution in [0.4, 0.5) is 11.4 Å². The maximum atomic E-state index is 4.85. The lowest BCUT2D eigenvalue weighted by atomic mass is 9.74. The molecular formula is C49H36N6. The van der Waals surface area contributed by atoms with Crippen molar-refractivity contribution in [1.82, 2.24) is 23.7 Å². The van der Waals surface area contributed by atoms with E-state index < -0.39 is 0 Å². The molecule has 9 aromatic rings. The number of aromatic nitrogens is 5. The molecule has 0 N–H and O–H groups in total. The lowest BCUT2D eigenvalue weighted by Crippen LogP contribution is -2.39. The number of hydrogen-bond acceptors (Lipinski definition) is 3. The molecule has 0 bridgehead atoms. The zero-order valence-corrected chi connectivity index (χ0v) is 30.2. The fourth-order valence-corrected chi connectivity index (χ4v) is 8.97. The second-order valence-corrected chi connectivity index (χ2v) is 14.6. The van der Waals surface area contributed by atoms with Gasteiger partial charge in [0.05, 0.1) is 17.1 Å². The van der Waals surface area contributed by atoms with Crippen LogP contribution in [0.25, 0.3) is 55.8 Å². The summed E-state index contributed by atoms with van der Waals surface area (Å²) in [6, 6.07) is 54.3. The van der Waals surface area contributed by atoms with Gasteiger partial charge < -0.3 is 9.47 Å². The summed E-state index contributed by atoms with van der Waals surface area (Å²) in [6.07, 6.45) is 14.9. The normalized spacial score (nSPS) is 17.4. The molecule has 2 atom stereocenters. The van der Waals surface area contributed by atoms with E-state index in [0.717, 1.165) is 51.1 Å². The Balaban J connectivity index is 1.03. The number of para-hydroxylation sites is 4. The molecule has 0 saturated heterocycles. The molecule has 0 radical (unpaired) electrons. The topological polar surface area (TPSA) is 43.8 Å². The first-order chi connectivity index (χ1) is 27.2. The number of nitrogens with zero attached hydrogens (tertiary/aromatic N) is 6. The summed E-state index contributed by atoms with van der Waals surface area (Å²) >= 11 is 0. The van der Waals surface area contributed by atoms with Crippen molar-refractivity contribution in [3.8, 4) is 28.5 Å².